The Hall–Kier alpha value is -3.80. The number of hydrogen-bond donors (Lipinski definition) is 1. The standard InChI is InChI=1S/C33H40N2O4/c1-3-13-29(27-16-9-10-17-30(27)35-20-11-6-12-21-35)34-32(36)23-26-18-19-28(31(22-26)38-4-2)33(37)39-24-25-14-7-5-8-15-25/h5,7-10,14-19,22,29H,3-4,6,11-13,20-21,23-24H2,1-2H3,(H,34,36). The Morgan fingerprint density at radius 1 is 0.897 bits per heavy atom. The predicted octanol–water partition coefficient (Wildman–Crippen LogP) is 6.63. The van der Waals surface area contributed by atoms with Crippen LogP contribution in [-0.2, 0) is 22.6 Å². The summed E-state index contributed by atoms with van der Waals surface area (Å²) in [7, 11) is 0. The molecule has 4 rings (SSSR count). The molecule has 6 heteroatoms. The normalized spacial score (nSPS) is 13.9. The number of para-hydroxylation sites is 1. The van der Waals surface area contributed by atoms with E-state index in [2.05, 4.69) is 41.4 Å². The minimum Gasteiger partial charge on any atom is -0.493 e. The summed E-state index contributed by atoms with van der Waals surface area (Å²) in [5, 5.41) is 3.29. The van der Waals surface area contributed by atoms with Crippen molar-refractivity contribution in [3.63, 3.8) is 0 Å². The monoisotopic (exact) mass is 528 g/mol. The molecule has 1 N–H and O–H groups in total. The van der Waals surface area contributed by atoms with Crippen LogP contribution in [0.1, 0.15) is 79.0 Å². The third-order valence-corrected chi connectivity index (χ3v) is 7.06. The number of benzene rings is 3. The van der Waals surface area contributed by atoms with Gasteiger partial charge in [0.1, 0.15) is 17.9 Å². The summed E-state index contributed by atoms with van der Waals surface area (Å²) in [5.41, 5.74) is 4.47. The maximum atomic E-state index is 13.2. The molecule has 1 fully saturated rings. The van der Waals surface area contributed by atoms with Crippen molar-refractivity contribution in [1.29, 1.82) is 0 Å². The van der Waals surface area contributed by atoms with Crippen LogP contribution in [0.15, 0.2) is 72.8 Å². The second-order valence-electron chi connectivity index (χ2n) is 10.0. The van der Waals surface area contributed by atoms with E-state index in [9.17, 15) is 9.59 Å². The molecule has 0 radical (unpaired) electrons. The molecule has 0 aromatic heterocycles. The van der Waals surface area contributed by atoms with Crippen LogP contribution in [0.3, 0.4) is 0 Å². The van der Waals surface area contributed by atoms with E-state index in [0.717, 1.165) is 37.1 Å². The zero-order chi connectivity index (χ0) is 27.5. The van der Waals surface area contributed by atoms with Crippen LogP contribution in [0.4, 0.5) is 5.69 Å². The zero-order valence-electron chi connectivity index (χ0n) is 23.2. The molecular weight excluding hydrogens is 488 g/mol. The average Bonchev–Trinajstić information content (AvgIpc) is 2.97. The molecule has 206 valence electrons. The zero-order valence-corrected chi connectivity index (χ0v) is 23.2. The van der Waals surface area contributed by atoms with Gasteiger partial charge < -0.3 is 19.7 Å². The first-order valence-corrected chi connectivity index (χ1v) is 14.2. The fraction of sp³-hybridized carbons (Fsp3) is 0.394. The van der Waals surface area contributed by atoms with Crippen molar-refractivity contribution >= 4 is 17.6 Å². The SMILES string of the molecule is CCCC(NC(=O)Cc1ccc(C(=O)OCc2ccccc2)c(OCC)c1)c1ccccc1N1CCCCC1. The number of nitrogens with zero attached hydrogens (tertiary/aromatic N) is 1. The topological polar surface area (TPSA) is 67.9 Å². The number of ether oxygens (including phenoxy) is 2. The van der Waals surface area contributed by atoms with E-state index in [1.807, 2.05) is 37.3 Å². The molecule has 1 amide bonds. The molecule has 3 aromatic carbocycles. The Morgan fingerprint density at radius 3 is 2.38 bits per heavy atom. The lowest BCUT2D eigenvalue weighted by Gasteiger charge is -2.32. The first-order valence-electron chi connectivity index (χ1n) is 14.2. The molecule has 1 saturated heterocycles. The maximum absolute atomic E-state index is 13.2. The molecule has 1 heterocycles. The van der Waals surface area contributed by atoms with Crippen LogP contribution in [0, 0.1) is 0 Å². The molecule has 0 spiro atoms. The van der Waals surface area contributed by atoms with Gasteiger partial charge in [0.25, 0.3) is 0 Å². The van der Waals surface area contributed by atoms with Crippen molar-refractivity contribution in [2.75, 3.05) is 24.6 Å². The first kappa shape index (κ1) is 28.2. The van der Waals surface area contributed by atoms with Crippen molar-refractivity contribution in [2.24, 2.45) is 0 Å². The molecule has 0 aliphatic carbocycles. The second kappa shape index (κ2) is 14.4. The number of anilines is 1. The van der Waals surface area contributed by atoms with Crippen molar-refractivity contribution in [3.05, 3.63) is 95.1 Å². The molecule has 39 heavy (non-hydrogen) atoms. The lowest BCUT2D eigenvalue weighted by atomic mass is 9.97. The van der Waals surface area contributed by atoms with E-state index in [1.165, 1.54) is 30.5 Å². The summed E-state index contributed by atoms with van der Waals surface area (Å²) in [6.45, 7) is 6.72. The van der Waals surface area contributed by atoms with Crippen molar-refractivity contribution in [3.8, 4) is 5.75 Å². The molecule has 3 aromatic rings. The van der Waals surface area contributed by atoms with Gasteiger partial charge in [0.15, 0.2) is 0 Å². The van der Waals surface area contributed by atoms with E-state index in [1.54, 1.807) is 18.2 Å². The average molecular weight is 529 g/mol. The van der Waals surface area contributed by atoms with Crippen LogP contribution in [0.5, 0.6) is 5.75 Å². The highest BCUT2D eigenvalue weighted by Crippen LogP contribution is 2.31. The molecule has 6 nitrogen and oxygen atoms in total. The van der Waals surface area contributed by atoms with E-state index in [-0.39, 0.29) is 25.0 Å². The van der Waals surface area contributed by atoms with Gasteiger partial charge in [-0.15, -0.1) is 0 Å². The summed E-state index contributed by atoms with van der Waals surface area (Å²) in [5.74, 6) is -0.0687. The van der Waals surface area contributed by atoms with Gasteiger partial charge in [-0.25, -0.2) is 4.79 Å². The number of esters is 1. The Labute approximate surface area is 232 Å². The summed E-state index contributed by atoms with van der Waals surface area (Å²) in [6.07, 6.45) is 5.72. The molecule has 1 unspecified atom stereocenters. The first-order chi connectivity index (χ1) is 19.1. The predicted molar refractivity (Wildman–Crippen MR) is 155 cm³/mol. The van der Waals surface area contributed by atoms with Gasteiger partial charge >= 0.3 is 5.97 Å². The molecular formula is C33H40N2O4. The van der Waals surface area contributed by atoms with Crippen LogP contribution in [0.2, 0.25) is 0 Å². The lowest BCUT2D eigenvalue weighted by Crippen LogP contribution is -2.34. The van der Waals surface area contributed by atoms with Gasteiger partial charge in [-0.3, -0.25) is 4.79 Å². The number of carbonyl (C=O) groups excluding carboxylic acids is 2. The Balaban J connectivity index is 1.45. The van der Waals surface area contributed by atoms with Gasteiger partial charge in [-0.1, -0.05) is 67.9 Å². The third-order valence-electron chi connectivity index (χ3n) is 7.06. The van der Waals surface area contributed by atoms with Gasteiger partial charge in [-0.05, 0) is 67.5 Å². The number of amides is 1. The maximum Gasteiger partial charge on any atom is 0.342 e. The van der Waals surface area contributed by atoms with E-state index in [0.29, 0.717) is 17.9 Å². The molecule has 0 bridgehead atoms. The summed E-state index contributed by atoms with van der Waals surface area (Å²) >= 11 is 0. The highest BCUT2D eigenvalue weighted by atomic mass is 16.5. The number of carbonyl (C=O) groups is 2. The molecule has 0 saturated carbocycles. The minimum absolute atomic E-state index is 0.0521. The second-order valence-corrected chi connectivity index (χ2v) is 10.0. The minimum atomic E-state index is -0.448. The summed E-state index contributed by atoms with van der Waals surface area (Å²) in [4.78, 5) is 28.5. The van der Waals surface area contributed by atoms with Crippen molar-refractivity contribution in [1.82, 2.24) is 5.32 Å². The van der Waals surface area contributed by atoms with Crippen LogP contribution >= 0.6 is 0 Å². The van der Waals surface area contributed by atoms with E-state index >= 15 is 0 Å². The van der Waals surface area contributed by atoms with Gasteiger partial charge in [0, 0.05) is 18.8 Å². The fourth-order valence-corrected chi connectivity index (χ4v) is 5.15. The molecule has 1 aliphatic heterocycles. The van der Waals surface area contributed by atoms with Crippen molar-refractivity contribution < 1.29 is 19.1 Å². The summed E-state index contributed by atoms with van der Waals surface area (Å²) in [6, 6.07) is 23.2. The molecule has 1 aliphatic rings. The highest BCUT2D eigenvalue weighted by molar-refractivity contribution is 5.93. The highest BCUT2D eigenvalue weighted by Gasteiger charge is 2.22. The van der Waals surface area contributed by atoms with Gasteiger partial charge in [0.2, 0.25) is 5.91 Å². The fourth-order valence-electron chi connectivity index (χ4n) is 5.15. The smallest absolute Gasteiger partial charge is 0.342 e. The van der Waals surface area contributed by atoms with Crippen LogP contribution in [-0.4, -0.2) is 31.6 Å². The molecule has 1 atom stereocenters. The van der Waals surface area contributed by atoms with Gasteiger partial charge in [-0.2, -0.15) is 0 Å². The number of rotatable bonds is 12. The third kappa shape index (κ3) is 7.85. The Kier molecular flexibility index (Phi) is 10.4. The van der Waals surface area contributed by atoms with Crippen LogP contribution < -0.4 is 15.0 Å². The van der Waals surface area contributed by atoms with Crippen LogP contribution in [0.25, 0.3) is 0 Å². The Morgan fingerprint density at radius 2 is 1.64 bits per heavy atom. The quantitative estimate of drug-likeness (QED) is 0.267. The van der Waals surface area contributed by atoms with Crippen molar-refractivity contribution in [2.45, 2.75) is 65.0 Å². The number of hydrogen-bond acceptors (Lipinski definition) is 5. The summed E-state index contributed by atoms with van der Waals surface area (Å²) < 4.78 is 11.3. The lowest BCUT2D eigenvalue weighted by molar-refractivity contribution is -0.121. The number of nitrogens with one attached hydrogen (secondary N) is 1. The largest absolute Gasteiger partial charge is 0.493 e. The van der Waals surface area contributed by atoms with E-state index in [4.69, 9.17) is 9.47 Å². The Bertz CT molecular complexity index is 1220. The van der Waals surface area contributed by atoms with Gasteiger partial charge in [0.05, 0.1) is 19.1 Å². The van der Waals surface area contributed by atoms with E-state index < -0.39 is 5.97 Å². The number of piperidine rings is 1.